The van der Waals surface area contributed by atoms with Crippen molar-refractivity contribution in [1.29, 1.82) is 0 Å². The highest BCUT2D eigenvalue weighted by atomic mass is 35.5. The van der Waals surface area contributed by atoms with Gasteiger partial charge in [-0.25, -0.2) is 8.78 Å². The van der Waals surface area contributed by atoms with Gasteiger partial charge in [0.25, 0.3) is 0 Å². The summed E-state index contributed by atoms with van der Waals surface area (Å²) in [7, 11) is 0. The van der Waals surface area contributed by atoms with E-state index in [0.717, 1.165) is 5.56 Å². The average molecular weight is 280 g/mol. The maximum absolute atomic E-state index is 13.1. The minimum atomic E-state index is -2.59. The van der Waals surface area contributed by atoms with E-state index in [-0.39, 0.29) is 25.7 Å². The number of hydrogen-bond donors (Lipinski definition) is 1. The van der Waals surface area contributed by atoms with Crippen LogP contribution in [0.3, 0.4) is 0 Å². The first kappa shape index (κ1) is 13.1. The second kappa shape index (κ2) is 4.38. The van der Waals surface area contributed by atoms with Gasteiger partial charge in [-0.15, -0.1) is 0 Å². The van der Waals surface area contributed by atoms with Crippen molar-refractivity contribution in [3.8, 4) is 0 Å². The normalized spacial score (nSPS) is 22.4. The molecule has 2 rings (SSSR count). The maximum Gasteiger partial charge on any atom is 0.248 e. The van der Waals surface area contributed by atoms with Crippen LogP contribution in [0, 0.1) is 0 Å². The molecule has 1 aromatic rings. The molecular weight excluding hydrogens is 267 g/mol. The first-order valence-electron chi connectivity index (χ1n) is 5.44. The number of hydrogen-bond acceptors (Lipinski definition) is 1. The molecular formula is C12H13Cl2F2N. The lowest BCUT2D eigenvalue weighted by atomic mass is 9.76. The monoisotopic (exact) mass is 279 g/mol. The van der Waals surface area contributed by atoms with Crippen LogP contribution in [-0.2, 0) is 5.54 Å². The highest BCUT2D eigenvalue weighted by molar-refractivity contribution is 6.34. The van der Waals surface area contributed by atoms with Crippen molar-refractivity contribution in [3.63, 3.8) is 0 Å². The minimum Gasteiger partial charge on any atom is -0.321 e. The molecule has 2 N–H and O–H groups in total. The van der Waals surface area contributed by atoms with Crippen LogP contribution in [0.5, 0.6) is 0 Å². The molecule has 17 heavy (non-hydrogen) atoms. The molecule has 0 unspecified atom stereocenters. The van der Waals surface area contributed by atoms with Gasteiger partial charge in [0.1, 0.15) is 0 Å². The summed E-state index contributed by atoms with van der Waals surface area (Å²) in [4.78, 5) is 0. The second-order valence-electron chi connectivity index (χ2n) is 4.67. The van der Waals surface area contributed by atoms with E-state index in [4.69, 9.17) is 28.9 Å². The van der Waals surface area contributed by atoms with Gasteiger partial charge in [0.15, 0.2) is 0 Å². The smallest absolute Gasteiger partial charge is 0.248 e. The van der Waals surface area contributed by atoms with E-state index in [1.54, 1.807) is 18.2 Å². The minimum absolute atomic E-state index is 0.187. The summed E-state index contributed by atoms with van der Waals surface area (Å²) in [5, 5.41) is 0.962. The van der Waals surface area contributed by atoms with E-state index in [2.05, 4.69) is 0 Å². The van der Waals surface area contributed by atoms with Crippen molar-refractivity contribution in [3.05, 3.63) is 33.8 Å². The van der Waals surface area contributed by atoms with Gasteiger partial charge >= 0.3 is 0 Å². The van der Waals surface area contributed by atoms with Crippen LogP contribution in [-0.4, -0.2) is 5.92 Å². The fourth-order valence-corrected chi connectivity index (χ4v) is 2.72. The molecule has 0 aromatic heterocycles. The molecule has 0 heterocycles. The SMILES string of the molecule is NC1(c2cc(Cl)cc(Cl)c2)CCC(F)(F)CC1. The Kier molecular flexibility index (Phi) is 3.36. The highest BCUT2D eigenvalue weighted by Crippen LogP contribution is 2.43. The topological polar surface area (TPSA) is 26.0 Å². The Hall–Kier alpha value is -0.380. The average Bonchev–Trinajstić information content (AvgIpc) is 2.22. The van der Waals surface area contributed by atoms with Crippen LogP contribution in [0.2, 0.25) is 10.0 Å². The van der Waals surface area contributed by atoms with Crippen LogP contribution < -0.4 is 5.73 Å². The lowest BCUT2D eigenvalue weighted by Crippen LogP contribution is -2.43. The van der Waals surface area contributed by atoms with Gasteiger partial charge < -0.3 is 5.73 Å². The number of rotatable bonds is 1. The molecule has 0 spiro atoms. The second-order valence-corrected chi connectivity index (χ2v) is 5.54. The lowest BCUT2D eigenvalue weighted by molar-refractivity contribution is -0.0514. The van der Waals surface area contributed by atoms with E-state index in [1.807, 2.05) is 0 Å². The highest BCUT2D eigenvalue weighted by Gasteiger charge is 2.42. The predicted octanol–water partition coefficient (Wildman–Crippen LogP) is 4.36. The Labute approximate surface area is 109 Å². The van der Waals surface area contributed by atoms with E-state index in [9.17, 15) is 8.78 Å². The van der Waals surface area contributed by atoms with Crippen LogP contribution in [0.15, 0.2) is 18.2 Å². The molecule has 0 amide bonds. The Bertz CT molecular complexity index is 404. The van der Waals surface area contributed by atoms with Crippen LogP contribution in [0.1, 0.15) is 31.2 Å². The first-order chi connectivity index (χ1) is 7.81. The van der Waals surface area contributed by atoms with Crippen LogP contribution in [0.4, 0.5) is 8.78 Å². The van der Waals surface area contributed by atoms with Crippen LogP contribution in [0.25, 0.3) is 0 Å². The van der Waals surface area contributed by atoms with E-state index >= 15 is 0 Å². The first-order valence-corrected chi connectivity index (χ1v) is 6.20. The lowest BCUT2D eigenvalue weighted by Gasteiger charge is -2.37. The quantitative estimate of drug-likeness (QED) is 0.812. The Morgan fingerprint density at radius 2 is 1.41 bits per heavy atom. The summed E-state index contributed by atoms with van der Waals surface area (Å²) >= 11 is 11.8. The molecule has 1 saturated carbocycles. The molecule has 1 nitrogen and oxygen atoms in total. The molecule has 1 aliphatic carbocycles. The summed E-state index contributed by atoms with van der Waals surface area (Å²) in [6.07, 6.45) is 0.120. The molecule has 0 radical (unpaired) electrons. The summed E-state index contributed by atoms with van der Waals surface area (Å²) < 4.78 is 26.2. The number of benzene rings is 1. The van der Waals surface area contributed by atoms with Crippen molar-refractivity contribution >= 4 is 23.2 Å². The summed E-state index contributed by atoms with van der Waals surface area (Å²) in [6.45, 7) is 0. The zero-order valence-electron chi connectivity index (χ0n) is 9.15. The van der Waals surface area contributed by atoms with Crippen LogP contribution >= 0.6 is 23.2 Å². The maximum atomic E-state index is 13.1. The number of alkyl halides is 2. The third-order valence-electron chi connectivity index (χ3n) is 3.31. The summed E-state index contributed by atoms with van der Waals surface area (Å²) in [5.41, 5.74) is 6.19. The van der Waals surface area contributed by atoms with Crippen molar-refractivity contribution in [1.82, 2.24) is 0 Å². The zero-order valence-corrected chi connectivity index (χ0v) is 10.7. The Morgan fingerprint density at radius 1 is 0.941 bits per heavy atom. The Morgan fingerprint density at radius 3 is 1.88 bits per heavy atom. The zero-order chi connectivity index (χ0) is 12.7. The van der Waals surface area contributed by atoms with Gasteiger partial charge in [-0.2, -0.15) is 0 Å². The standard InChI is InChI=1S/C12H13Cl2F2N/c13-9-5-8(6-10(14)7-9)11(17)1-3-12(15,16)4-2-11/h5-7H,1-4,17H2. The van der Waals surface area contributed by atoms with Crippen molar-refractivity contribution in [2.45, 2.75) is 37.1 Å². The van der Waals surface area contributed by atoms with E-state index in [0.29, 0.717) is 10.0 Å². The molecule has 94 valence electrons. The summed E-state index contributed by atoms with van der Waals surface area (Å²) in [6, 6.07) is 5.02. The van der Waals surface area contributed by atoms with Gasteiger partial charge in [0.05, 0.1) is 0 Å². The largest absolute Gasteiger partial charge is 0.321 e. The van der Waals surface area contributed by atoms with E-state index < -0.39 is 11.5 Å². The molecule has 0 aliphatic heterocycles. The van der Waals surface area contributed by atoms with Gasteiger partial charge in [-0.3, -0.25) is 0 Å². The molecule has 0 atom stereocenters. The molecule has 1 aliphatic rings. The predicted molar refractivity (Wildman–Crippen MR) is 65.7 cm³/mol. The van der Waals surface area contributed by atoms with Gasteiger partial charge in [-0.1, -0.05) is 23.2 Å². The third kappa shape index (κ3) is 2.90. The molecule has 1 fully saturated rings. The van der Waals surface area contributed by atoms with Gasteiger partial charge in [-0.05, 0) is 36.6 Å². The number of nitrogens with two attached hydrogens (primary N) is 1. The molecule has 5 heteroatoms. The fraction of sp³-hybridized carbons (Fsp3) is 0.500. The van der Waals surface area contributed by atoms with Gasteiger partial charge in [0.2, 0.25) is 5.92 Å². The molecule has 0 saturated heterocycles. The number of halogens is 4. The van der Waals surface area contributed by atoms with E-state index in [1.165, 1.54) is 0 Å². The molecule has 1 aromatic carbocycles. The van der Waals surface area contributed by atoms with Crippen molar-refractivity contribution in [2.24, 2.45) is 5.73 Å². The molecule has 0 bridgehead atoms. The van der Waals surface area contributed by atoms with Crippen molar-refractivity contribution in [2.75, 3.05) is 0 Å². The van der Waals surface area contributed by atoms with Crippen molar-refractivity contribution < 1.29 is 8.78 Å². The Balaban J connectivity index is 2.27. The van der Waals surface area contributed by atoms with Gasteiger partial charge in [0, 0.05) is 28.4 Å². The third-order valence-corrected chi connectivity index (χ3v) is 3.75. The fourth-order valence-electron chi connectivity index (χ4n) is 2.19. The summed E-state index contributed by atoms with van der Waals surface area (Å²) in [5.74, 6) is -2.59.